The summed E-state index contributed by atoms with van der Waals surface area (Å²) in [5.74, 6) is 0.850. The molecule has 0 aromatic carbocycles. The van der Waals surface area contributed by atoms with Crippen LogP contribution in [-0.2, 0) is 0 Å². The lowest BCUT2D eigenvalue weighted by molar-refractivity contribution is 0.0750. The third-order valence-corrected chi connectivity index (χ3v) is 6.79. The molecule has 1 N–H and O–H groups in total. The topological polar surface area (TPSA) is 15.3 Å². The normalized spacial score (nSPS) is 34.2. The molecule has 2 aliphatic rings. The van der Waals surface area contributed by atoms with Gasteiger partial charge in [-0.2, -0.15) is 0 Å². The lowest BCUT2D eigenvalue weighted by atomic mass is 9.84. The summed E-state index contributed by atoms with van der Waals surface area (Å²) in [5.41, 5.74) is 1.37. The molecule has 2 fully saturated rings. The van der Waals surface area contributed by atoms with E-state index < -0.39 is 0 Å². The molecule has 2 atom stereocenters. The molecule has 20 heavy (non-hydrogen) atoms. The van der Waals surface area contributed by atoms with Crippen LogP contribution < -0.4 is 5.32 Å². The van der Waals surface area contributed by atoms with Crippen LogP contribution >= 0.6 is 0 Å². The zero-order valence-corrected chi connectivity index (χ0v) is 15.0. The second-order valence-electron chi connectivity index (χ2n) is 9.34. The quantitative estimate of drug-likeness (QED) is 0.846. The molecule has 0 aromatic heterocycles. The molecule has 1 aliphatic carbocycles. The molecule has 1 heterocycles. The molecule has 0 bridgehead atoms. The molecule has 0 spiro atoms. The Balaban J connectivity index is 2.04. The highest BCUT2D eigenvalue weighted by Crippen LogP contribution is 2.68. The smallest absolute Gasteiger partial charge is 0.0244 e. The van der Waals surface area contributed by atoms with Gasteiger partial charge in [-0.15, -0.1) is 0 Å². The van der Waals surface area contributed by atoms with Crippen molar-refractivity contribution in [1.29, 1.82) is 0 Å². The minimum absolute atomic E-state index is 0.353. The molecule has 2 nitrogen and oxygen atoms in total. The van der Waals surface area contributed by atoms with Gasteiger partial charge in [-0.1, -0.05) is 55.4 Å². The minimum Gasteiger partial charge on any atom is -0.311 e. The van der Waals surface area contributed by atoms with Crippen LogP contribution in [0.1, 0.15) is 61.8 Å². The molecule has 0 radical (unpaired) electrons. The molecule has 0 aromatic rings. The standard InChI is InChI=1S/C18H36N2/c1-9-13-10-19-15(16(2,3)4)12-20(13)11-14-17(5,6)18(14,7)8/h13-15,19H,9-12H2,1-8H3. The maximum absolute atomic E-state index is 3.78. The first-order chi connectivity index (χ1) is 9.01. The van der Waals surface area contributed by atoms with E-state index in [0.717, 1.165) is 18.5 Å². The minimum atomic E-state index is 0.353. The summed E-state index contributed by atoms with van der Waals surface area (Å²) in [6, 6.07) is 1.34. The largest absolute Gasteiger partial charge is 0.311 e. The molecule has 1 saturated carbocycles. The van der Waals surface area contributed by atoms with Crippen molar-refractivity contribution >= 4 is 0 Å². The average molecular weight is 280 g/mol. The van der Waals surface area contributed by atoms with E-state index >= 15 is 0 Å². The number of hydrogen-bond donors (Lipinski definition) is 1. The second kappa shape index (κ2) is 4.98. The first-order valence-corrected chi connectivity index (χ1v) is 8.49. The van der Waals surface area contributed by atoms with Crippen molar-refractivity contribution < 1.29 is 0 Å². The Kier molecular flexibility index (Phi) is 4.06. The Bertz CT molecular complexity index is 337. The van der Waals surface area contributed by atoms with Crippen molar-refractivity contribution in [3.05, 3.63) is 0 Å². The first kappa shape index (κ1) is 16.3. The van der Waals surface area contributed by atoms with E-state index in [0.29, 0.717) is 22.3 Å². The summed E-state index contributed by atoms with van der Waals surface area (Å²) >= 11 is 0. The van der Waals surface area contributed by atoms with Crippen LogP contribution in [0.15, 0.2) is 0 Å². The Morgan fingerprint density at radius 1 is 1.10 bits per heavy atom. The Morgan fingerprint density at radius 2 is 1.65 bits per heavy atom. The molecule has 2 heteroatoms. The van der Waals surface area contributed by atoms with Crippen molar-refractivity contribution in [2.45, 2.75) is 73.9 Å². The van der Waals surface area contributed by atoms with E-state index in [1.165, 1.54) is 19.5 Å². The van der Waals surface area contributed by atoms with Crippen molar-refractivity contribution in [1.82, 2.24) is 10.2 Å². The molecule has 1 saturated heterocycles. The van der Waals surface area contributed by atoms with Crippen molar-refractivity contribution in [2.24, 2.45) is 22.2 Å². The van der Waals surface area contributed by atoms with E-state index in [2.05, 4.69) is 65.6 Å². The van der Waals surface area contributed by atoms with Gasteiger partial charge in [0.05, 0.1) is 0 Å². The number of nitrogens with one attached hydrogen (secondary N) is 1. The molecule has 1 aliphatic heterocycles. The summed E-state index contributed by atoms with van der Waals surface area (Å²) in [4.78, 5) is 2.79. The summed E-state index contributed by atoms with van der Waals surface area (Å²) < 4.78 is 0. The van der Waals surface area contributed by atoms with Crippen LogP contribution in [0.5, 0.6) is 0 Å². The zero-order chi connectivity index (χ0) is 15.3. The van der Waals surface area contributed by atoms with Crippen LogP contribution in [0.25, 0.3) is 0 Å². The van der Waals surface area contributed by atoms with Gasteiger partial charge >= 0.3 is 0 Å². The van der Waals surface area contributed by atoms with Crippen LogP contribution in [-0.4, -0.2) is 36.6 Å². The van der Waals surface area contributed by atoms with Crippen molar-refractivity contribution in [3.63, 3.8) is 0 Å². The molecular weight excluding hydrogens is 244 g/mol. The van der Waals surface area contributed by atoms with E-state index in [-0.39, 0.29) is 0 Å². The molecule has 0 amide bonds. The monoisotopic (exact) mass is 280 g/mol. The number of hydrogen-bond acceptors (Lipinski definition) is 2. The van der Waals surface area contributed by atoms with E-state index in [1.807, 2.05) is 0 Å². The number of nitrogens with zero attached hydrogens (tertiary/aromatic N) is 1. The van der Waals surface area contributed by atoms with Gasteiger partial charge in [-0.25, -0.2) is 0 Å². The van der Waals surface area contributed by atoms with Gasteiger partial charge in [0.2, 0.25) is 0 Å². The fraction of sp³-hybridized carbons (Fsp3) is 1.00. The van der Waals surface area contributed by atoms with Gasteiger partial charge in [-0.05, 0) is 28.6 Å². The highest BCUT2D eigenvalue weighted by atomic mass is 15.2. The SMILES string of the molecule is CCC1CNC(C(C)(C)C)CN1CC1C(C)(C)C1(C)C. The third kappa shape index (κ3) is 2.66. The Hall–Kier alpha value is -0.0800. The van der Waals surface area contributed by atoms with Crippen LogP contribution in [0.2, 0.25) is 0 Å². The van der Waals surface area contributed by atoms with Crippen LogP contribution in [0.4, 0.5) is 0 Å². The van der Waals surface area contributed by atoms with E-state index in [4.69, 9.17) is 0 Å². The molecule has 2 rings (SSSR count). The maximum Gasteiger partial charge on any atom is 0.0244 e. The molecule has 2 unspecified atom stereocenters. The number of piperazine rings is 1. The lowest BCUT2D eigenvalue weighted by Gasteiger charge is -2.45. The summed E-state index contributed by atoms with van der Waals surface area (Å²) in [6.45, 7) is 22.9. The fourth-order valence-electron chi connectivity index (χ4n) is 4.09. The van der Waals surface area contributed by atoms with Gasteiger partial charge in [0.15, 0.2) is 0 Å². The first-order valence-electron chi connectivity index (χ1n) is 8.49. The second-order valence-corrected chi connectivity index (χ2v) is 9.34. The third-order valence-electron chi connectivity index (χ3n) is 6.79. The summed E-state index contributed by atoms with van der Waals surface area (Å²) in [5, 5.41) is 3.78. The zero-order valence-electron chi connectivity index (χ0n) is 15.0. The molecular formula is C18H36N2. The lowest BCUT2D eigenvalue weighted by Crippen LogP contribution is -2.60. The van der Waals surface area contributed by atoms with Crippen LogP contribution in [0, 0.1) is 22.2 Å². The average Bonchev–Trinajstić information content (AvgIpc) is 2.70. The molecule has 118 valence electrons. The van der Waals surface area contributed by atoms with Crippen molar-refractivity contribution in [3.8, 4) is 0 Å². The maximum atomic E-state index is 3.78. The van der Waals surface area contributed by atoms with Gasteiger partial charge in [-0.3, -0.25) is 4.90 Å². The van der Waals surface area contributed by atoms with Gasteiger partial charge in [0.25, 0.3) is 0 Å². The highest BCUT2D eigenvalue weighted by Gasteiger charge is 2.64. The Labute approximate surface area is 126 Å². The van der Waals surface area contributed by atoms with Gasteiger partial charge < -0.3 is 5.32 Å². The van der Waals surface area contributed by atoms with Crippen molar-refractivity contribution in [2.75, 3.05) is 19.6 Å². The summed E-state index contributed by atoms with van der Waals surface area (Å²) in [6.07, 6.45) is 1.26. The van der Waals surface area contributed by atoms with Crippen LogP contribution in [0.3, 0.4) is 0 Å². The van der Waals surface area contributed by atoms with Gasteiger partial charge in [0.1, 0.15) is 0 Å². The highest BCUT2D eigenvalue weighted by molar-refractivity contribution is 5.13. The predicted octanol–water partition coefficient (Wildman–Crippen LogP) is 3.77. The van der Waals surface area contributed by atoms with E-state index in [1.54, 1.807) is 0 Å². The van der Waals surface area contributed by atoms with E-state index in [9.17, 15) is 0 Å². The Morgan fingerprint density at radius 3 is 2.05 bits per heavy atom. The number of rotatable bonds is 3. The predicted molar refractivity (Wildman–Crippen MR) is 87.9 cm³/mol. The summed E-state index contributed by atoms with van der Waals surface area (Å²) in [7, 11) is 0. The fourth-order valence-corrected chi connectivity index (χ4v) is 4.09. The van der Waals surface area contributed by atoms with Gasteiger partial charge in [0, 0.05) is 31.7 Å².